The van der Waals surface area contributed by atoms with E-state index in [-0.39, 0.29) is 5.78 Å². The molecule has 0 saturated heterocycles. The minimum atomic E-state index is -0.0404. The molecule has 4 heteroatoms. The molecule has 0 amide bonds. The number of halogens is 2. The predicted octanol–water partition coefficient (Wildman–Crippen LogP) is 5.07. The molecule has 0 spiro atoms. The van der Waals surface area contributed by atoms with Gasteiger partial charge in [0.05, 0.1) is 12.7 Å². The van der Waals surface area contributed by atoms with Crippen molar-refractivity contribution in [2.75, 3.05) is 7.11 Å². The van der Waals surface area contributed by atoms with E-state index >= 15 is 0 Å². The van der Waals surface area contributed by atoms with E-state index in [0.29, 0.717) is 16.9 Å². The molecule has 2 aromatic rings. The summed E-state index contributed by atoms with van der Waals surface area (Å²) in [6, 6.07) is 9.39. The molecule has 0 aromatic heterocycles. The first kappa shape index (κ1) is 15.3. The topological polar surface area (TPSA) is 26.3 Å². The summed E-state index contributed by atoms with van der Waals surface area (Å²) in [5.74, 6) is 0.574. The Balaban J connectivity index is 2.58. The molecule has 104 valence electrons. The van der Waals surface area contributed by atoms with Gasteiger partial charge in [-0.2, -0.15) is 0 Å². The van der Waals surface area contributed by atoms with E-state index in [1.807, 2.05) is 44.2 Å². The van der Waals surface area contributed by atoms with E-state index < -0.39 is 0 Å². The fourth-order valence-corrected chi connectivity index (χ4v) is 3.50. The summed E-state index contributed by atoms with van der Waals surface area (Å²) >= 11 is 6.81. The van der Waals surface area contributed by atoms with Gasteiger partial charge >= 0.3 is 0 Å². The third-order valence-electron chi connectivity index (χ3n) is 3.02. The van der Waals surface area contributed by atoms with Crippen LogP contribution < -0.4 is 4.74 Å². The molecule has 0 radical (unpaired) electrons. The highest BCUT2D eigenvalue weighted by molar-refractivity contribution is 9.11. The first-order valence-corrected chi connectivity index (χ1v) is 7.67. The summed E-state index contributed by atoms with van der Waals surface area (Å²) in [6.07, 6.45) is 0. The summed E-state index contributed by atoms with van der Waals surface area (Å²) in [5, 5.41) is 0. The maximum Gasteiger partial charge on any atom is 0.197 e. The molecule has 0 atom stereocenters. The number of aryl methyl sites for hydroxylation is 2. The number of hydrogen-bond donors (Lipinski definition) is 0. The standard InChI is InChI=1S/C16H14Br2O2/c1-9-4-10(2)15(14(5-9)20-3)16(19)11-6-12(17)8-13(18)7-11/h4-8H,1-3H3. The van der Waals surface area contributed by atoms with Gasteiger partial charge < -0.3 is 4.74 Å². The third kappa shape index (κ3) is 3.13. The Labute approximate surface area is 135 Å². The summed E-state index contributed by atoms with van der Waals surface area (Å²) in [5.41, 5.74) is 3.23. The summed E-state index contributed by atoms with van der Waals surface area (Å²) < 4.78 is 7.09. The van der Waals surface area contributed by atoms with Crippen molar-refractivity contribution in [1.29, 1.82) is 0 Å². The Morgan fingerprint density at radius 2 is 1.60 bits per heavy atom. The lowest BCUT2D eigenvalue weighted by atomic mass is 9.96. The van der Waals surface area contributed by atoms with Crippen LogP contribution in [0.2, 0.25) is 0 Å². The highest BCUT2D eigenvalue weighted by Gasteiger charge is 2.18. The number of benzene rings is 2. The van der Waals surface area contributed by atoms with Gasteiger partial charge in [0, 0.05) is 14.5 Å². The second kappa shape index (κ2) is 6.10. The number of methoxy groups -OCH3 is 1. The van der Waals surface area contributed by atoms with Crippen LogP contribution in [0.25, 0.3) is 0 Å². The molecule has 0 aliphatic rings. The van der Waals surface area contributed by atoms with Crippen LogP contribution in [-0.2, 0) is 0 Å². The maximum atomic E-state index is 12.7. The van der Waals surface area contributed by atoms with Gasteiger partial charge in [-0.3, -0.25) is 4.79 Å². The van der Waals surface area contributed by atoms with Crippen molar-refractivity contribution in [1.82, 2.24) is 0 Å². The van der Waals surface area contributed by atoms with Crippen LogP contribution in [0.5, 0.6) is 5.75 Å². The molecule has 2 aromatic carbocycles. The molecule has 0 saturated carbocycles. The zero-order chi connectivity index (χ0) is 14.9. The van der Waals surface area contributed by atoms with Crippen molar-refractivity contribution in [3.05, 3.63) is 61.5 Å². The quantitative estimate of drug-likeness (QED) is 0.676. The average Bonchev–Trinajstić information content (AvgIpc) is 2.35. The van der Waals surface area contributed by atoms with Gasteiger partial charge in [-0.05, 0) is 49.2 Å². The number of carbonyl (C=O) groups is 1. The minimum absolute atomic E-state index is 0.0404. The van der Waals surface area contributed by atoms with Crippen LogP contribution in [0, 0.1) is 13.8 Å². The second-order valence-electron chi connectivity index (χ2n) is 4.65. The van der Waals surface area contributed by atoms with Gasteiger partial charge in [0.1, 0.15) is 5.75 Å². The number of ketones is 1. The lowest BCUT2D eigenvalue weighted by Gasteiger charge is -2.12. The van der Waals surface area contributed by atoms with Crippen molar-refractivity contribution < 1.29 is 9.53 Å². The van der Waals surface area contributed by atoms with E-state index in [9.17, 15) is 4.79 Å². The molecule has 20 heavy (non-hydrogen) atoms. The first-order valence-electron chi connectivity index (χ1n) is 6.08. The third-order valence-corrected chi connectivity index (χ3v) is 3.93. The van der Waals surface area contributed by atoms with Gasteiger partial charge in [-0.1, -0.05) is 37.9 Å². The van der Waals surface area contributed by atoms with Crippen LogP contribution in [0.1, 0.15) is 27.0 Å². The molecule has 2 rings (SSSR count). The van der Waals surface area contributed by atoms with Crippen LogP contribution >= 0.6 is 31.9 Å². The average molecular weight is 398 g/mol. The normalized spacial score (nSPS) is 10.4. The van der Waals surface area contributed by atoms with Crippen molar-refractivity contribution in [3.8, 4) is 5.75 Å². The predicted molar refractivity (Wildman–Crippen MR) is 87.7 cm³/mol. The zero-order valence-electron chi connectivity index (χ0n) is 11.5. The maximum absolute atomic E-state index is 12.7. The smallest absolute Gasteiger partial charge is 0.197 e. The van der Waals surface area contributed by atoms with Crippen LogP contribution in [0.15, 0.2) is 39.3 Å². The monoisotopic (exact) mass is 396 g/mol. The van der Waals surface area contributed by atoms with Gasteiger partial charge in [0.15, 0.2) is 5.78 Å². The molecular formula is C16H14Br2O2. The van der Waals surface area contributed by atoms with Crippen LogP contribution in [-0.4, -0.2) is 12.9 Å². The number of hydrogen-bond acceptors (Lipinski definition) is 2. The zero-order valence-corrected chi connectivity index (χ0v) is 14.6. The highest BCUT2D eigenvalue weighted by atomic mass is 79.9. The van der Waals surface area contributed by atoms with E-state index in [0.717, 1.165) is 20.1 Å². The summed E-state index contributed by atoms with van der Waals surface area (Å²) in [7, 11) is 1.59. The molecule has 2 nitrogen and oxygen atoms in total. The van der Waals surface area contributed by atoms with Crippen LogP contribution in [0.3, 0.4) is 0 Å². The van der Waals surface area contributed by atoms with E-state index in [4.69, 9.17) is 4.74 Å². The molecule has 0 aliphatic heterocycles. The minimum Gasteiger partial charge on any atom is -0.496 e. The second-order valence-corrected chi connectivity index (χ2v) is 6.48. The fraction of sp³-hybridized carbons (Fsp3) is 0.188. The first-order chi connectivity index (χ1) is 9.42. The Hall–Kier alpha value is -1.13. The van der Waals surface area contributed by atoms with Crippen molar-refractivity contribution in [3.63, 3.8) is 0 Å². The molecule has 0 fully saturated rings. The van der Waals surface area contributed by atoms with E-state index in [1.165, 1.54) is 0 Å². The lowest BCUT2D eigenvalue weighted by molar-refractivity contribution is 0.103. The summed E-state index contributed by atoms with van der Waals surface area (Å²) in [4.78, 5) is 12.7. The largest absolute Gasteiger partial charge is 0.496 e. The molecule has 0 heterocycles. The van der Waals surface area contributed by atoms with E-state index in [2.05, 4.69) is 31.9 Å². The number of ether oxygens (including phenoxy) is 1. The molecule has 0 bridgehead atoms. The SMILES string of the molecule is COc1cc(C)cc(C)c1C(=O)c1cc(Br)cc(Br)c1. The van der Waals surface area contributed by atoms with Crippen molar-refractivity contribution >= 4 is 37.6 Å². The van der Waals surface area contributed by atoms with Gasteiger partial charge in [0.25, 0.3) is 0 Å². The van der Waals surface area contributed by atoms with Crippen LogP contribution in [0.4, 0.5) is 0 Å². The molecule has 0 aliphatic carbocycles. The Morgan fingerprint density at radius 1 is 1.00 bits per heavy atom. The molecular weight excluding hydrogens is 384 g/mol. The Morgan fingerprint density at radius 3 is 2.15 bits per heavy atom. The Bertz CT molecular complexity index is 658. The number of carbonyl (C=O) groups excluding carboxylic acids is 1. The van der Waals surface area contributed by atoms with Gasteiger partial charge in [-0.15, -0.1) is 0 Å². The molecule has 0 N–H and O–H groups in total. The van der Waals surface area contributed by atoms with Crippen molar-refractivity contribution in [2.24, 2.45) is 0 Å². The Kier molecular flexibility index (Phi) is 4.66. The number of rotatable bonds is 3. The summed E-state index contributed by atoms with van der Waals surface area (Å²) in [6.45, 7) is 3.91. The highest BCUT2D eigenvalue weighted by Crippen LogP contribution is 2.29. The fourth-order valence-electron chi connectivity index (χ4n) is 2.21. The van der Waals surface area contributed by atoms with Gasteiger partial charge in [-0.25, -0.2) is 0 Å². The lowest BCUT2D eigenvalue weighted by Crippen LogP contribution is -2.07. The molecule has 0 unspecified atom stereocenters. The van der Waals surface area contributed by atoms with Crippen molar-refractivity contribution in [2.45, 2.75) is 13.8 Å². The van der Waals surface area contributed by atoms with Gasteiger partial charge in [0.2, 0.25) is 0 Å². The van der Waals surface area contributed by atoms with E-state index in [1.54, 1.807) is 7.11 Å².